The molecule has 1 atom stereocenters. The Hall–Kier alpha value is -1.01. The van der Waals surface area contributed by atoms with Crippen LogP contribution in [0.1, 0.15) is 31.1 Å². The summed E-state index contributed by atoms with van der Waals surface area (Å²) in [6.07, 6.45) is 0. The largest absolute Gasteiger partial charge is 0.348 e. The number of halogens is 3. The molecule has 0 fully saturated rings. The fraction of sp³-hybridized carbons (Fsp3) is 0.500. The van der Waals surface area contributed by atoms with Crippen molar-refractivity contribution in [2.24, 2.45) is 0 Å². The first-order chi connectivity index (χ1) is 9.38. The van der Waals surface area contributed by atoms with Crippen LogP contribution in [0.5, 0.6) is 0 Å². The Balaban J connectivity index is 2.77. The van der Waals surface area contributed by atoms with Gasteiger partial charge in [-0.2, -0.15) is 0 Å². The van der Waals surface area contributed by atoms with Crippen molar-refractivity contribution in [2.75, 3.05) is 19.6 Å². The number of carbonyl (C=O) groups excluding carboxylic acids is 1. The Morgan fingerprint density at radius 1 is 1.30 bits per heavy atom. The van der Waals surface area contributed by atoms with E-state index in [0.29, 0.717) is 6.54 Å². The topological polar surface area (TPSA) is 32.3 Å². The van der Waals surface area contributed by atoms with E-state index in [0.717, 1.165) is 25.2 Å². The molecule has 1 aromatic rings. The van der Waals surface area contributed by atoms with E-state index in [1.165, 1.54) is 0 Å². The van der Waals surface area contributed by atoms with Crippen LogP contribution in [0.3, 0.4) is 0 Å². The monoisotopic (exact) mass is 348 g/mol. The molecule has 1 N–H and O–H groups in total. The fourth-order valence-corrected chi connectivity index (χ4v) is 2.37. The Bertz CT molecular complexity index is 455. The predicted molar refractivity (Wildman–Crippen MR) is 78.8 cm³/mol. The second-order valence-corrected chi connectivity index (χ2v) is 5.52. The van der Waals surface area contributed by atoms with E-state index >= 15 is 0 Å². The first kappa shape index (κ1) is 17.0. The van der Waals surface area contributed by atoms with Crippen molar-refractivity contribution in [3.8, 4) is 0 Å². The maximum absolute atomic E-state index is 13.7. The molecule has 0 spiro atoms. The maximum Gasteiger partial charge on any atom is 0.257 e. The van der Waals surface area contributed by atoms with E-state index in [9.17, 15) is 13.6 Å². The summed E-state index contributed by atoms with van der Waals surface area (Å²) >= 11 is 2.98. The van der Waals surface area contributed by atoms with Crippen LogP contribution >= 0.6 is 15.9 Å². The molecule has 0 aliphatic carbocycles. The molecule has 0 aromatic heterocycles. The molecule has 1 amide bonds. The van der Waals surface area contributed by atoms with Crippen LogP contribution in [0.25, 0.3) is 0 Å². The van der Waals surface area contributed by atoms with Crippen LogP contribution in [-0.2, 0) is 0 Å². The number of likely N-dealkylation sites (N-methyl/N-ethyl adjacent to an activating group) is 1. The van der Waals surface area contributed by atoms with Crippen LogP contribution in [-0.4, -0.2) is 36.5 Å². The van der Waals surface area contributed by atoms with Crippen LogP contribution < -0.4 is 5.32 Å². The van der Waals surface area contributed by atoms with Gasteiger partial charge in [0.2, 0.25) is 0 Å². The number of rotatable bonds is 6. The molecule has 6 heteroatoms. The van der Waals surface area contributed by atoms with Gasteiger partial charge in [0.05, 0.1) is 0 Å². The van der Waals surface area contributed by atoms with Crippen molar-refractivity contribution in [2.45, 2.75) is 26.8 Å². The van der Waals surface area contributed by atoms with Crippen molar-refractivity contribution in [1.29, 1.82) is 0 Å². The van der Waals surface area contributed by atoms with Gasteiger partial charge in [0, 0.05) is 17.1 Å². The number of benzene rings is 1. The van der Waals surface area contributed by atoms with E-state index < -0.39 is 23.1 Å². The molecule has 0 bridgehead atoms. The molecule has 1 aromatic carbocycles. The first-order valence-corrected chi connectivity index (χ1v) is 7.36. The lowest BCUT2D eigenvalue weighted by Crippen LogP contribution is -2.42. The summed E-state index contributed by atoms with van der Waals surface area (Å²) in [6, 6.07) is 1.96. The fourth-order valence-electron chi connectivity index (χ4n) is 1.97. The van der Waals surface area contributed by atoms with E-state index in [2.05, 4.69) is 26.1 Å². The Kier molecular flexibility index (Phi) is 6.55. The Morgan fingerprint density at radius 3 is 2.25 bits per heavy atom. The predicted octanol–water partition coefficient (Wildman–Crippen LogP) is 3.19. The number of hydrogen-bond acceptors (Lipinski definition) is 2. The Labute approximate surface area is 126 Å². The van der Waals surface area contributed by atoms with Gasteiger partial charge in [-0.3, -0.25) is 4.79 Å². The van der Waals surface area contributed by atoms with Crippen molar-refractivity contribution in [3.63, 3.8) is 0 Å². The van der Waals surface area contributed by atoms with Crippen molar-refractivity contribution in [3.05, 3.63) is 33.8 Å². The third-order valence-corrected chi connectivity index (χ3v) is 3.50. The quantitative estimate of drug-likeness (QED) is 0.856. The number of hydrogen-bond donors (Lipinski definition) is 1. The molecule has 20 heavy (non-hydrogen) atoms. The van der Waals surface area contributed by atoms with Gasteiger partial charge >= 0.3 is 0 Å². The lowest BCUT2D eigenvalue weighted by Gasteiger charge is -2.23. The van der Waals surface area contributed by atoms with Crippen LogP contribution in [0.2, 0.25) is 0 Å². The third-order valence-electron chi connectivity index (χ3n) is 3.04. The molecule has 1 rings (SSSR count). The van der Waals surface area contributed by atoms with Gasteiger partial charge in [-0.1, -0.05) is 29.8 Å². The van der Waals surface area contributed by atoms with E-state index in [1.807, 2.05) is 20.8 Å². The van der Waals surface area contributed by atoms with Crippen LogP contribution in [0.15, 0.2) is 16.6 Å². The average molecular weight is 349 g/mol. The molecule has 0 saturated carbocycles. The summed E-state index contributed by atoms with van der Waals surface area (Å²) in [7, 11) is 0. The minimum Gasteiger partial charge on any atom is -0.348 e. The zero-order valence-corrected chi connectivity index (χ0v) is 13.4. The summed E-state index contributed by atoms with van der Waals surface area (Å²) in [5.74, 6) is -2.47. The minimum absolute atomic E-state index is 0.190. The van der Waals surface area contributed by atoms with Gasteiger partial charge in [0.1, 0.15) is 17.2 Å². The van der Waals surface area contributed by atoms with E-state index in [-0.39, 0.29) is 10.5 Å². The third kappa shape index (κ3) is 4.52. The second kappa shape index (κ2) is 7.69. The Morgan fingerprint density at radius 2 is 1.80 bits per heavy atom. The smallest absolute Gasteiger partial charge is 0.257 e. The SMILES string of the molecule is CCN(CC)CC(C)NC(=O)c1c(F)cc(Br)cc1F. The van der Waals surface area contributed by atoms with Gasteiger partial charge in [-0.05, 0) is 32.1 Å². The minimum atomic E-state index is -0.871. The second-order valence-electron chi connectivity index (χ2n) is 4.60. The van der Waals surface area contributed by atoms with Crippen molar-refractivity contribution in [1.82, 2.24) is 10.2 Å². The lowest BCUT2D eigenvalue weighted by molar-refractivity contribution is 0.0921. The molecule has 112 valence electrons. The van der Waals surface area contributed by atoms with Gasteiger partial charge < -0.3 is 10.2 Å². The molecule has 0 heterocycles. The van der Waals surface area contributed by atoms with Gasteiger partial charge in [0.15, 0.2) is 0 Å². The molecule has 0 radical (unpaired) electrons. The number of nitrogens with zero attached hydrogens (tertiary/aromatic N) is 1. The average Bonchev–Trinajstić information content (AvgIpc) is 2.34. The highest BCUT2D eigenvalue weighted by Crippen LogP contribution is 2.19. The van der Waals surface area contributed by atoms with E-state index in [1.54, 1.807) is 0 Å². The molecular weight excluding hydrogens is 330 g/mol. The van der Waals surface area contributed by atoms with Gasteiger partial charge in [-0.25, -0.2) is 8.78 Å². The zero-order valence-electron chi connectivity index (χ0n) is 11.8. The van der Waals surface area contributed by atoms with Crippen LogP contribution in [0.4, 0.5) is 8.78 Å². The standard InChI is InChI=1S/C14H19BrF2N2O/c1-4-19(5-2)8-9(3)18-14(20)13-11(16)6-10(15)7-12(13)17/h6-7,9H,4-5,8H2,1-3H3,(H,18,20). The summed E-state index contributed by atoms with van der Waals surface area (Å²) in [5.41, 5.74) is -0.542. The summed E-state index contributed by atoms with van der Waals surface area (Å²) in [5, 5.41) is 2.62. The van der Waals surface area contributed by atoms with E-state index in [4.69, 9.17) is 0 Å². The van der Waals surface area contributed by atoms with Crippen LogP contribution in [0, 0.1) is 11.6 Å². The first-order valence-electron chi connectivity index (χ1n) is 6.56. The molecule has 0 aliphatic rings. The number of carbonyl (C=O) groups is 1. The van der Waals surface area contributed by atoms with Gasteiger partial charge in [-0.15, -0.1) is 0 Å². The number of amides is 1. The molecule has 3 nitrogen and oxygen atoms in total. The summed E-state index contributed by atoms with van der Waals surface area (Å²) in [6.45, 7) is 8.21. The highest BCUT2D eigenvalue weighted by molar-refractivity contribution is 9.10. The molecule has 0 aliphatic heterocycles. The highest BCUT2D eigenvalue weighted by Gasteiger charge is 2.20. The zero-order chi connectivity index (χ0) is 15.3. The molecular formula is C14H19BrF2N2O. The molecule has 1 unspecified atom stereocenters. The van der Waals surface area contributed by atoms with Crippen molar-refractivity contribution < 1.29 is 13.6 Å². The van der Waals surface area contributed by atoms with Crippen molar-refractivity contribution >= 4 is 21.8 Å². The van der Waals surface area contributed by atoms with Gasteiger partial charge in [0.25, 0.3) is 5.91 Å². The molecule has 0 saturated heterocycles. The summed E-state index contributed by atoms with van der Waals surface area (Å²) < 4.78 is 27.6. The highest BCUT2D eigenvalue weighted by atomic mass is 79.9. The normalized spacial score (nSPS) is 12.6. The maximum atomic E-state index is 13.7. The number of nitrogens with one attached hydrogen (secondary N) is 1. The lowest BCUT2D eigenvalue weighted by atomic mass is 10.1. The summed E-state index contributed by atoms with van der Waals surface area (Å²) in [4.78, 5) is 14.1.